The summed E-state index contributed by atoms with van der Waals surface area (Å²) in [5, 5.41) is 16.1. The predicted molar refractivity (Wildman–Crippen MR) is 140 cm³/mol. The van der Waals surface area contributed by atoms with E-state index in [1.165, 1.54) is 4.57 Å². The summed E-state index contributed by atoms with van der Waals surface area (Å²) in [6.45, 7) is 5.43. The van der Waals surface area contributed by atoms with Gasteiger partial charge in [-0.05, 0) is 24.3 Å². The molecule has 36 heavy (non-hydrogen) atoms. The molecule has 4 aromatic rings. The van der Waals surface area contributed by atoms with Gasteiger partial charge in [-0.2, -0.15) is 4.98 Å². The van der Waals surface area contributed by atoms with Crippen molar-refractivity contribution in [3.63, 3.8) is 0 Å². The van der Waals surface area contributed by atoms with Crippen LogP contribution in [0.1, 0.15) is 0 Å². The summed E-state index contributed by atoms with van der Waals surface area (Å²) in [5.41, 5.74) is 1.04. The number of pyridine rings is 1. The van der Waals surface area contributed by atoms with E-state index in [1.54, 1.807) is 49.6 Å². The number of halogens is 2. The molecule has 1 fully saturated rings. The van der Waals surface area contributed by atoms with Crippen LogP contribution in [-0.2, 0) is 7.05 Å². The molecule has 1 aliphatic heterocycles. The Bertz CT molecular complexity index is 1420. The number of hydrogen-bond donors (Lipinski definition) is 2. The van der Waals surface area contributed by atoms with E-state index >= 15 is 0 Å². The van der Waals surface area contributed by atoms with E-state index in [-0.39, 0.29) is 11.5 Å². The van der Waals surface area contributed by atoms with Gasteiger partial charge in [0.15, 0.2) is 5.82 Å². The molecule has 2 N–H and O–H groups in total. The lowest BCUT2D eigenvalue weighted by Crippen LogP contribution is -2.44. The van der Waals surface area contributed by atoms with Gasteiger partial charge in [-0.1, -0.05) is 29.3 Å². The zero-order valence-electron chi connectivity index (χ0n) is 19.5. The molecule has 1 aliphatic rings. The molecule has 0 atom stereocenters. The standard InChI is InChI=1S/C24H24Cl2N8O2/c1-33-22-15(13-16(23(33)35)21-17(25)3-2-4-18(21)26)14-28-24(30-22)29-19-5-6-20(32-31-19)36-12-11-34-9-7-27-8-10-34/h2-6,13-14,27H,7-12H2,1H3,(H,28,29,30,31). The number of nitrogens with zero attached hydrogens (tertiary/aromatic N) is 6. The Kier molecular flexibility index (Phi) is 7.28. The predicted octanol–water partition coefficient (Wildman–Crippen LogP) is 3.12. The highest BCUT2D eigenvalue weighted by atomic mass is 35.5. The maximum absolute atomic E-state index is 13.1. The molecule has 0 bridgehead atoms. The molecule has 5 rings (SSSR count). The molecule has 4 heterocycles. The molecule has 0 saturated carbocycles. The molecule has 10 nitrogen and oxygen atoms in total. The monoisotopic (exact) mass is 526 g/mol. The van der Waals surface area contributed by atoms with Crippen molar-refractivity contribution in [2.24, 2.45) is 7.05 Å². The topological polar surface area (TPSA) is 110 Å². The lowest BCUT2D eigenvalue weighted by Gasteiger charge is -2.26. The molecule has 12 heteroatoms. The fourth-order valence-electron chi connectivity index (χ4n) is 4.03. The first-order valence-electron chi connectivity index (χ1n) is 11.5. The van der Waals surface area contributed by atoms with Crippen molar-refractivity contribution < 1.29 is 4.74 Å². The van der Waals surface area contributed by atoms with E-state index in [0.29, 0.717) is 50.5 Å². The van der Waals surface area contributed by atoms with E-state index in [0.717, 1.165) is 32.7 Å². The molecular weight excluding hydrogens is 503 g/mol. The van der Waals surface area contributed by atoms with Gasteiger partial charge in [0.05, 0.1) is 15.6 Å². The van der Waals surface area contributed by atoms with Gasteiger partial charge in [-0.25, -0.2) is 4.98 Å². The van der Waals surface area contributed by atoms with Crippen molar-refractivity contribution in [2.75, 3.05) is 44.6 Å². The Morgan fingerprint density at radius 3 is 2.61 bits per heavy atom. The average molecular weight is 527 g/mol. The summed E-state index contributed by atoms with van der Waals surface area (Å²) in [5.74, 6) is 1.18. The molecule has 0 spiro atoms. The van der Waals surface area contributed by atoms with Gasteiger partial charge in [-0.15, -0.1) is 10.2 Å². The second-order valence-electron chi connectivity index (χ2n) is 8.31. The van der Waals surface area contributed by atoms with Crippen LogP contribution in [0.25, 0.3) is 22.2 Å². The third-order valence-electron chi connectivity index (χ3n) is 5.93. The van der Waals surface area contributed by atoms with E-state index < -0.39 is 0 Å². The highest BCUT2D eigenvalue weighted by molar-refractivity contribution is 6.39. The smallest absolute Gasteiger partial charge is 0.259 e. The SMILES string of the molecule is Cn1c(=O)c(-c2c(Cl)cccc2Cl)cc2cnc(Nc3ccc(OCCN4CCNCC4)nn3)nc21. The Balaban J connectivity index is 1.30. The quantitative estimate of drug-likeness (QED) is 0.375. The molecule has 186 valence electrons. The second-order valence-corrected chi connectivity index (χ2v) is 9.13. The van der Waals surface area contributed by atoms with Crippen LogP contribution < -0.4 is 20.9 Å². The maximum atomic E-state index is 13.1. The summed E-state index contributed by atoms with van der Waals surface area (Å²) >= 11 is 12.7. The van der Waals surface area contributed by atoms with Crippen LogP contribution in [0.4, 0.5) is 11.8 Å². The fourth-order valence-corrected chi connectivity index (χ4v) is 4.63. The van der Waals surface area contributed by atoms with Crippen LogP contribution in [0.5, 0.6) is 5.88 Å². The van der Waals surface area contributed by atoms with Crippen LogP contribution in [0, 0.1) is 0 Å². The Labute approximate surface area is 217 Å². The normalized spacial score (nSPS) is 14.2. The first kappa shape index (κ1) is 24.4. The molecule has 1 aromatic carbocycles. The summed E-state index contributed by atoms with van der Waals surface area (Å²) in [4.78, 5) is 24.3. The number of aromatic nitrogens is 5. The van der Waals surface area contributed by atoms with Gasteiger partial charge in [0.2, 0.25) is 11.8 Å². The van der Waals surface area contributed by atoms with Gasteiger partial charge in [0, 0.05) is 63.0 Å². The Morgan fingerprint density at radius 1 is 1.11 bits per heavy atom. The summed E-state index contributed by atoms with van der Waals surface area (Å²) < 4.78 is 7.16. The third-order valence-corrected chi connectivity index (χ3v) is 6.56. The van der Waals surface area contributed by atoms with Crippen molar-refractivity contribution in [1.82, 2.24) is 34.9 Å². The molecule has 0 unspecified atom stereocenters. The number of aryl methyl sites for hydroxylation is 1. The van der Waals surface area contributed by atoms with Gasteiger partial charge < -0.3 is 15.4 Å². The minimum absolute atomic E-state index is 0.274. The van der Waals surface area contributed by atoms with E-state index in [9.17, 15) is 4.79 Å². The van der Waals surface area contributed by atoms with Crippen LogP contribution in [0.2, 0.25) is 10.0 Å². The Hall–Kier alpha value is -3.31. The number of anilines is 2. The largest absolute Gasteiger partial charge is 0.475 e. The number of fused-ring (bicyclic) bond motifs is 1. The van der Waals surface area contributed by atoms with Crippen molar-refractivity contribution in [3.05, 3.63) is 63.0 Å². The summed E-state index contributed by atoms with van der Waals surface area (Å²) in [6, 6.07) is 10.3. The van der Waals surface area contributed by atoms with Crippen molar-refractivity contribution in [3.8, 4) is 17.0 Å². The van der Waals surface area contributed by atoms with Gasteiger partial charge >= 0.3 is 0 Å². The zero-order chi connectivity index (χ0) is 25.1. The zero-order valence-corrected chi connectivity index (χ0v) is 21.1. The lowest BCUT2D eigenvalue weighted by molar-refractivity contribution is 0.187. The first-order chi connectivity index (χ1) is 17.5. The summed E-state index contributed by atoms with van der Waals surface area (Å²) in [6.07, 6.45) is 1.62. The van der Waals surface area contributed by atoms with Gasteiger partial charge in [0.25, 0.3) is 5.56 Å². The maximum Gasteiger partial charge on any atom is 0.259 e. The van der Waals surface area contributed by atoms with Crippen molar-refractivity contribution in [1.29, 1.82) is 0 Å². The Morgan fingerprint density at radius 2 is 1.89 bits per heavy atom. The number of benzene rings is 1. The number of piperazine rings is 1. The van der Waals surface area contributed by atoms with Gasteiger partial charge in [0.1, 0.15) is 12.3 Å². The van der Waals surface area contributed by atoms with Crippen molar-refractivity contribution >= 4 is 46.0 Å². The van der Waals surface area contributed by atoms with E-state index in [1.807, 2.05) is 0 Å². The second kappa shape index (κ2) is 10.8. The van der Waals surface area contributed by atoms with Crippen LogP contribution in [0.3, 0.4) is 0 Å². The van der Waals surface area contributed by atoms with Crippen LogP contribution in [-0.4, -0.2) is 69.0 Å². The lowest BCUT2D eigenvalue weighted by atomic mass is 10.1. The number of nitrogens with one attached hydrogen (secondary N) is 2. The first-order valence-corrected chi connectivity index (χ1v) is 12.2. The summed E-state index contributed by atoms with van der Waals surface area (Å²) in [7, 11) is 1.64. The highest BCUT2D eigenvalue weighted by Crippen LogP contribution is 2.33. The van der Waals surface area contributed by atoms with Crippen LogP contribution in [0.15, 0.2) is 47.4 Å². The average Bonchev–Trinajstić information content (AvgIpc) is 2.89. The minimum Gasteiger partial charge on any atom is -0.475 e. The molecule has 3 aromatic heterocycles. The minimum atomic E-state index is -0.274. The molecule has 0 amide bonds. The van der Waals surface area contributed by atoms with Gasteiger partial charge in [-0.3, -0.25) is 14.3 Å². The molecule has 0 aliphatic carbocycles. The molecular formula is C24H24Cl2N8O2. The number of rotatable bonds is 7. The number of hydrogen-bond acceptors (Lipinski definition) is 9. The number of ether oxygens (including phenoxy) is 1. The molecule has 1 saturated heterocycles. The van der Waals surface area contributed by atoms with E-state index in [4.69, 9.17) is 27.9 Å². The van der Waals surface area contributed by atoms with Crippen LogP contribution >= 0.6 is 23.2 Å². The third kappa shape index (κ3) is 5.26. The van der Waals surface area contributed by atoms with E-state index in [2.05, 4.69) is 35.7 Å². The highest BCUT2D eigenvalue weighted by Gasteiger charge is 2.16. The molecule has 0 radical (unpaired) electrons. The fraction of sp³-hybridized carbons (Fsp3) is 0.292. The van der Waals surface area contributed by atoms with Crippen molar-refractivity contribution in [2.45, 2.75) is 0 Å².